The van der Waals surface area contributed by atoms with E-state index in [4.69, 9.17) is 9.84 Å². The van der Waals surface area contributed by atoms with Crippen molar-refractivity contribution in [2.24, 2.45) is 0 Å². The molecule has 0 radical (unpaired) electrons. The van der Waals surface area contributed by atoms with Crippen molar-refractivity contribution in [2.75, 3.05) is 5.32 Å². The predicted molar refractivity (Wildman–Crippen MR) is 122 cm³/mol. The molecule has 0 fully saturated rings. The minimum Gasteiger partial charge on any atom is -0.489 e. The second-order valence-corrected chi connectivity index (χ2v) is 7.31. The Morgan fingerprint density at radius 2 is 1.81 bits per heavy atom. The summed E-state index contributed by atoms with van der Waals surface area (Å²) in [5.41, 5.74) is 4.33. The Bertz CT molecular complexity index is 1220. The minimum atomic E-state index is -0.980. The second-order valence-electron chi connectivity index (χ2n) is 7.31. The topological polar surface area (TPSA) is 99.4 Å². The molecule has 0 heterocycles. The molecule has 6 heteroatoms. The number of carbonyl (C=O) groups excluding carboxylic acids is 1. The number of aryl methyl sites for hydroxylation is 2. The van der Waals surface area contributed by atoms with Crippen molar-refractivity contribution in [2.45, 2.75) is 20.5 Å². The molecule has 3 rings (SSSR count). The molecule has 0 saturated carbocycles. The van der Waals surface area contributed by atoms with Crippen LogP contribution in [0.3, 0.4) is 0 Å². The van der Waals surface area contributed by atoms with Gasteiger partial charge in [0.1, 0.15) is 24.0 Å². The van der Waals surface area contributed by atoms with Crippen LogP contribution in [0.4, 0.5) is 5.69 Å². The van der Waals surface area contributed by atoms with Crippen molar-refractivity contribution >= 4 is 23.6 Å². The first-order valence-electron chi connectivity index (χ1n) is 9.91. The van der Waals surface area contributed by atoms with E-state index in [1.807, 2.05) is 38.1 Å². The number of carbonyl (C=O) groups is 2. The standard InChI is InChI=1S/C26H22N2O4/c1-17-6-11-24(18(2)12-17)28-25(29)22(15-27)13-20-4-3-5-23(14-20)32-16-19-7-9-21(10-8-19)26(30)31/h3-14H,16H2,1-2H3,(H,28,29)(H,30,31)/b22-13-. The average molecular weight is 426 g/mol. The maximum Gasteiger partial charge on any atom is 0.335 e. The fourth-order valence-corrected chi connectivity index (χ4v) is 3.06. The third kappa shape index (κ3) is 5.83. The number of hydrogen-bond donors (Lipinski definition) is 2. The van der Waals surface area contributed by atoms with Gasteiger partial charge in [-0.15, -0.1) is 0 Å². The van der Waals surface area contributed by atoms with E-state index in [1.54, 1.807) is 36.4 Å². The molecule has 0 atom stereocenters. The van der Waals surface area contributed by atoms with Crippen molar-refractivity contribution in [3.8, 4) is 11.8 Å². The number of nitrogens with one attached hydrogen (secondary N) is 1. The highest BCUT2D eigenvalue weighted by molar-refractivity contribution is 6.10. The summed E-state index contributed by atoms with van der Waals surface area (Å²) in [4.78, 5) is 23.5. The van der Waals surface area contributed by atoms with Gasteiger partial charge in [0.2, 0.25) is 0 Å². The molecule has 0 aromatic heterocycles. The van der Waals surface area contributed by atoms with Crippen molar-refractivity contribution < 1.29 is 19.4 Å². The molecule has 3 aromatic carbocycles. The van der Waals surface area contributed by atoms with Gasteiger partial charge in [0.15, 0.2) is 0 Å². The zero-order valence-electron chi connectivity index (χ0n) is 17.8. The predicted octanol–water partition coefficient (Wildman–Crippen LogP) is 5.13. The van der Waals surface area contributed by atoms with Gasteiger partial charge in [0.05, 0.1) is 5.56 Å². The number of amides is 1. The summed E-state index contributed by atoms with van der Waals surface area (Å²) in [5.74, 6) is -0.899. The van der Waals surface area contributed by atoms with Crippen molar-refractivity contribution in [3.63, 3.8) is 0 Å². The second kappa shape index (κ2) is 10.1. The fourth-order valence-electron chi connectivity index (χ4n) is 3.06. The first-order valence-corrected chi connectivity index (χ1v) is 9.91. The van der Waals surface area contributed by atoms with Crippen LogP contribution in [0.15, 0.2) is 72.3 Å². The van der Waals surface area contributed by atoms with Gasteiger partial charge in [0.25, 0.3) is 5.91 Å². The van der Waals surface area contributed by atoms with Crippen LogP contribution >= 0.6 is 0 Å². The number of nitriles is 1. The van der Waals surface area contributed by atoms with Crippen LogP contribution in [0.2, 0.25) is 0 Å². The van der Waals surface area contributed by atoms with Gasteiger partial charge in [-0.05, 0) is 66.9 Å². The third-order valence-electron chi connectivity index (χ3n) is 4.77. The SMILES string of the molecule is Cc1ccc(NC(=O)/C(C#N)=C\c2cccc(OCc3ccc(C(=O)O)cc3)c2)c(C)c1. The van der Waals surface area contributed by atoms with Crippen LogP contribution in [0, 0.1) is 25.2 Å². The summed E-state index contributed by atoms with van der Waals surface area (Å²) in [7, 11) is 0. The Hall–Kier alpha value is -4.37. The average Bonchev–Trinajstić information content (AvgIpc) is 2.78. The summed E-state index contributed by atoms with van der Waals surface area (Å²) in [5, 5.41) is 21.2. The van der Waals surface area contributed by atoms with Gasteiger partial charge < -0.3 is 15.2 Å². The van der Waals surface area contributed by atoms with E-state index < -0.39 is 11.9 Å². The minimum absolute atomic E-state index is 0.0219. The number of carboxylic acid groups (broad SMARTS) is 1. The molecule has 3 aromatic rings. The highest BCUT2D eigenvalue weighted by Crippen LogP contribution is 2.20. The van der Waals surface area contributed by atoms with E-state index in [0.717, 1.165) is 16.7 Å². The molecule has 0 aliphatic rings. The summed E-state index contributed by atoms with van der Waals surface area (Å²) in [6.07, 6.45) is 1.51. The lowest BCUT2D eigenvalue weighted by Gasteiger charge is -2.09. The Balaban J connectivity index is 1.70. The van der Waals surface area contributed by atoms with E-state index in [-0.39, 0.29) is 17.7 Å². The number of carboxylic acids is 1. The largest absolute Gasteiger partial charge is 0.489 e. The Kier molecular flexibility index (Phi) is 7.04. The summed E-state index contributed by atoms with van der Waals surface area (Å²) in [6, 6.07) is 21.1. The molecule has 6 nitrogen and oxygen atoms in total. The van der Waals surface area contributed by atoms with Crippen molar-refractivity contribution in [3.05, 3.63) is 100 Å². The Morgan fingerprint density at radius 3 is 2.47 bits per heavy atom. The number of anilines is 1. The van der Waals surface area contributed by atoms with Gasteiger partial charge in [-0.3, -0.25) is 4.79 Å². The van der Waals surface area contributed by atoms with Crippen LogP contribution in [0.25, 0.3) is 6.08 Å². The quantitative estimate of drug-likeness (QED) is 0.403. The summed E-state index contributed by atoms with van der Waals surface area (Å²) in [6.45, 7) is 4.12. The number of hydrogen-bond acceptors (Lipinski definition) is 4. The van der Waals surface area contributed by atoms with Gasteiger partial charge >= 0.3 is 5.97 Å². The number of benzene rings is 3. The molecule has 0 aliphatic heterocycles. The van der Waals surface area contributed by atoms with Crippen LogP contribution in [-0.4, -0.2) is 17.0 Å². The molecular formula is C26H22N2O4. The van der Waals surface area contributed by atoms with Crippen molar-refractivity contribution in [1.82, 2.24) is 0 Å². The number of aromatic carboxylic acids is 1. The molecule has 2 N–H and O–H groups in total. The first-order chi connectivity index (χ1) is 15.4. The lowest BCUT2D eigenvalue weighted by atomic mass is 10.1. The van der Waals surface area contributed by atoms with E-state index >= 15 is 0 Å². The number of ether oxygens (including phenoxy) is 1. The Morgan fingerprint density at radius 1 is 1.06 bits per heavy atom. The third-order valence-corrected chi connectivity index (χ3v) is 4.77. The smallest absolute Gasteiger partial charge is 0.335 e. The molecule has 160 valence electrons. The molecule has 1 amide bonds. The molecule has 0 unspecified atom stereocenters. The Labute approximate surface area is 186 Å². The van der Waals surface area contributed by atoms with Crippen LogP contribution in [0.1, 0.15) is 32.6 Å². The maximum absolute atomic E-state index is 12.6. The number of nitrogens with zero attached hydrogens (tertiary/aromatic N) is 1. The lowest BCUT2D eigenvalue weighted by Crippen LogP contribution is -2.14. The zero-order valence-corrected chi connectivity index (χ0v) is 17.8. The maximum atomic E-state index is 12.6. The van der Waals surface area contributed by atoms with Gasteiger partial charge in [-0.1, -0.05) is 42.0 Å². The van der Waals surface area contributed by atoms with Crippen LogP contribution < -0.4 is 10.1 Å². The molecular weight excluding hydrogens is 404 g/mol. The molecule has 0 spiro atoms. The van der Waals surface area contributed by atoms with E-state index in [9.17, 15) is 14.9 Å². The monoisotopic (exact) mass is 426 g/mol. The highest BCUT2D eigenvalue weighted by Gasteiger charge is 2.11. The number of rotatable bonds is 7. The molecule has 0 bridgehead atoms. The summed E-state index contributed by atoms with van der Waals surface area (Å²) >= 11 is 0. The molecule has 0 saturated heterocycles. The first kappa shape index (κ1) is 22.3. The highest BCUT2D eigenvalue weighted by atomic mass is 16.5. The van der Waals surface area contributed by atoms with Crippen LogP contribution in [0.5, 0.6) is 5.75 Å². The molecule has 0 aliphatic carbocycles. The van der Waals surface area contributed by atoms with E-state index in [0.29, 0.717) is 17.0 Å². The lowest BCUT2D eigenvalue weighted by molar-refractivity contribution is -0.112. The normalized spacial score (nSPS) is 10.8. The van der Waals surface area contributed by atoms with Crippen LogP contribution in [-0.2, 0) is 11.4 Å². The summed E-state index contributed by atoms with van der Waals surface area (Å²) < 4.78 is 5.77. The van der Waals surface area contributed by atoms with E-state index in [2.05, 4.69) is 5.32 Å². The molecule has 32 heavy (non-hydrogen) atoms. The fraction of sp³-hybridized carbons (Fsp3) is 0.115. The zero-order chi connectivity index (χ0) is 23.1. The van der Waals surface area contributed by atoms with Gasteiger partial charge in [-0.25, -0.2) is 4.79 Å². The van der Waals surface area contributed by atoms with Gasteiger partial charge in [0, 0.05) is 5.69 Å². The van der Waals surface area contributed by atoms with Crippen molar-refractivity contribution in [1.29, 1.82) is 5.26 Å². The van der Waals surface area contributed by atoms with E-state index in [1.165, 1.54) is 18.2 Å². The van der Waals surface area contributed by atoms with Gasteiger partial charge in [-0.2, -0.15) is 5.26 Å².